The Labute approximate surface area is 131 Å². The molecule has 2 aromatic rings. The molecule has 106 valence electrons. The minimum Gasteiger partial charge on any atom is -0.380 e. The number of benzene rings is 2. The molecule has 3 N–H and O–H groups in total. The average Bonchev–Trinajstić information content (AvgIpc) is 2.36. The zero-order chi connectivity index (χ0) is 14.8. The van der Waals surface area contributed by atoms with Gasteiger partial charge in [0.2, 0.25) is 10.0 Å². The van der Waals surface area contributed by atoms with Crippen molar-refractivity contribution in [3.63, 3.8) is 0 Å². The average molecular weight is 376 g/mol. The summed E-state index contributed by atoms with van der Waals surface area (Å²) in [6.07, 6.45) is 0. The first-order chi connectivity index (χ1) is 9.36. The lowest BCUT2D eigenvalue weighted by molar-refractivity contribution is 0.598. The highest BCUT2D eigenvalue weighted by Gasteiger charge is 2.10. The first-order valence-electron chi connectivity index (χ1n) is 5.67. The van der Waals surface area contributed by atoms with Crippen LogP contribution in [-0.4, -0.2) is 8.42 Å². The van der Waals surface area contributed by atoms with Gasteiger partial charge in [-0.15, -0.1) is 0 Å². The van der Waals surface area contributed by atoms with Crippen LogP contribution in [0.3, 0.4) is 0 Å². The Bertz CT molecular complexity index is 735. The molecule has 0 bridgehead atoms. The largest absolute Gasteiger partial charge is 0.380 e. The number of primary sulfonamides is 1. The minimum absolute atomic E-state index is 0.0673. The van der Waals surface area contributed by atoms with Crippen molar-refractivity contribution in [3.05, 3.63) is 57.5 Å². The smallest absolute Gasteiger partial charge is 0.238 e. The Balaban J connectivity index is 2.15. The summed E-state index contributed by atoms with van der Waals surface area (Å²) in [5, 5.41) is 8.94. The maximum absolute atomic E-state index is 11.2. The summed E-state index contributed by atoms with van der Waals surface area (Å²) in [6.45, 7) is 0.577. The van der Waals surface area contributed by atoms with Crippen LogP contribution in [0.4, 0.5) is 5.69 Å². The summed E-state index contributed by atoms with van der Waals surface area (Å²) in [6, 6.07) is 12.1. The number of hydrogen-bond donors (Lipinski definition) is 2. The molecule has 0 aromatic heterocycles. The third-order valence-electron chi connectivity index (χ3n) is 2.64. The van der Waals surface area contributed by atoms with Gasteiger partial charge in [-0.2, -0.15) is 0 Å². The standard InChI is InChI=1S/C13H12BrClN2O2S/c14-12-7-11(20(16,18)19)4-5-13(12)17-8-9-2-1-3-10(15)6-9/h1-7,17H,8H2,(H2,16,18,19). The summed E-state index contributed by atoms with van der Waals surface area (Å²) in [7, 11) is -3.69. The van der Waals surface area contributed by atoms with E-state index in [0.717, 1.165) is 11.3 Å². The van der Waals surface area contributed by atoms with Crippen LogP contribution in [0, 0.1) is 0 Å². The molecule has 0 fully saturated rings. The molecule has 0 radical (unpaired) electrons. The van der Waals surface area contributed by atoms with Gasteiger partial charge in [-0.05, 0) is 51.8 Å². The molecule has 0 saturated heterocycles. The highest BCUT2D eigenvalue weighted by molar-refractivity contribution is 9.10. The van der Waals surface area contributed by atoms with Crippen LogP contribution in [0.5, 0.6) is 0 Å². The fourth-order valence-electron chi connectivity index (χ4n) is 1.66. The van der Waals surface area contributed by atoms with E-state index in [1.54, 1.807) is 6.07 Å². The van der Waals surface area contributed by atoms with E-state index in [2.05, 4.69) is 21.2 Å². The molecule has 20 heavy (non-hydrogen) atoms. The van der Waals surface area contributed by atoms with E-state index >= 15 is 0 Å². The fraction of sp³-hybridized carbons (Fsp3) is 0.0769. The fourth-order valence-corrected chi connectivity index (χ4v) is 3.08. The van der Waals surface area contributed by atoms with Crippen LogP contribution in [0.15, 0.2) is 51.8 Å². The highest BCUT2D eigenvalue weighted by atomic mass is 79.9. The van der Waals surface area contributed by atoms with E-state index in [1.165, 1.54) is 12.1 Å². The van der Waals surface area contributed by atoms with E-state index in [9.17, 15) is 8.42 Å². The van der Waals surface area contributed by atoms with Crippen molar-refractivity contribution in [1.82, 2.24) is 0 Å². The van der Waals surface area contributed by atoms with Crippen LogP contribution in [0.25, 0.3) is 0 Å². The third-order valence-corrected chi connectivity index (χ3v) is 4.44. The van der Waals surface area contributed by atoms with E-state index in [4.69, 9.17) is 16.7 Å². The molecule has 0 unspecified atom stereocenters. The Kier molecular flexibility index (Phi) is 4.70. The second kappa shape index (κ2) is 6.13. The number of anilines is 1. The second-order valence-corrected chi connectivity index (χ2v) is 7.02. The molecule has 0 amide bonds. The number of hydrogen-bond acceptors (Lipinski definition) is 3. The predicted molar refractivity (Wildman–Crippen MR) is 84.3 cm³/mol. The summed E-state index contributed by atoms with van der Waals surface area (Å²) in [5.41, 5.74) is 1.80. The van der Waals surface area contributed by atoms with E-state index in [-0.39, 0.29) is 4.90 Å². The van der Waals surface area contributed by atoms with Crippen molar-refractivity contribution in [2.24, 2.45) is 5.14 Å². The van der Waals surface area contributed by atoms with Crippen LogP contribution in [0.1, 0.15) is 5.56 Å². The monoisotopic (exact) mass is 374 g/mol. The molecule has 0 heterocycles. The maximum atomic E-state index is 11.2. The molecule has 4 nitrogen and oxygen atoms in total. The molecule has 0 aliphatic heterocycles. The number of nitrogens with two attached hydrogens (primary N) is 1. The molecule has 0 aliphatic carbocycles. The Hall–Kier alpha value is -1.08. The van der Waals surface area contributed by atoms with Gasteiger partial charge in [0.25, 0.3) is 0 Å². The number of halogens is 2. The second-order valence-electron chi connectivity index (χ2n) is 4.17. The van der Waals surface area contributed by atoms with Gasteiger partial charge in [0, 0.05) is 21.7 Å². The maximum Gasteiger partial charge on any atom is 0.238 e. The van der Waals surface area contributed by atoms with Crippen molar-refractivity contribution < 1.29 is 8.42 Å². The lowest BCUT2D eigenvalue weighted by atomic mass is 10.2. The topological polar surface area (TPSA) is 72.2 Å². The Morgan fingerprint density at radius 1 is 1.20 bits per heavy atom. The van der Waals surface area contributed by atoms with Crippen LogP contribution >= 0.6 is 27.5 Å². The number of rotatable bonds is 4. The molecular formula is C13H12BrClN2O2S. The van der Waals surface area contributed by atoms with Crippen molar-refractivity contribution >= 4 is 43.2 Å². The summed E-state index contributed by atoms with van der Waals surface area (Å²) >= 11 is 9.23. The van der Waals surface area contributed by atoms with Crippen molar-refractivity contribution in [2.45, 2.75) is 11.4 Å². The Morgan fingerprint density at radius 2 is 1.95 bits per heavy atom. The number of sulfonamides is 1. The normalized spacial score (nSPS) is 11.3. The molecule has 2 aromatic carbocycles. The molecule has 0 atom stereocenters. The van der Waals surface area contributed by atoms with Crippen molar-refractivity contribution in [1.29, 1.82) is 0 Å². The zero-order valence-corrected chi connectivity index (χ0v) is 13.5. The summed E-state index contributed by atoms with van der Waals surface area (Å²) in [4.78, 5) is 0.0673. The van der Waals surface area contributed by atoms with Gasteiger partial charge in [-0.3, -0.25) is 0 Å². The number of nitrogens with one attached hydrogen (secondary N) is 1. The summed E-state index contributed by atoms with van der Waals surface area (Å²) < 4.78 is 23.1. The molecular weight excluding hydrogens is 364 g/mol. The van der Waals surface area contributed by atoms with Gasteiger partial charge in [0.05, 0.1) is 4.90 Å². The first-order valence-corrected chi connectivity index (χ1v) is 8.38. The van der Waals surface area contributed by atoms with Crippen LogP contribution in [0.2, 0.25) is 5.02 Å². The van der Waals surface area contributed by atoms with Gasteiger partial charge in [0.15, 0.2) is 0 Å². The first kappa shape index (κ1) is 15.3. The predicted octanol–water partition coefficient (Wildman–Crippen LogP) is 3.36. The SMILES string of the molecule is NS(=O)(=O)c1ccc(NCc2cccc(Cl)c2)c(Br)c1. The van der Waals surface area contributed by atoms with Gasteiger partial charge in [0.1, 0.15) is 0 Å². The molecule has 0 aliphatic rings. The minimum atomic E-state index is -3.69. The van der Waals surface area contributed by atoms with E-state index < -0.39 is 10.0 Å². The van der Waals surface area contributed by atoms with E-state index in [1.807, 2.05) is 24.3 Å². The van der Waals surface area contributed by atoms with Crippen LogP contribution in [-0.2, 0) is 16.6 Å². The van der Waals surface area contributed by atoms with Crippen LogP contribution < -0.4 is 10.5 Å². The van der Waals surface area contributed by atoms with Gasteiger partial charge < -0.3 is 5.32 Å². The zero-order valence-electron chi connectivity index (χ0n) is 10.3. The lowest BCUT2D eigenvalue weighted by Crippen LogP contribution is -2.12. The third kappa shape index (κ3) is 3.96. The van der Waals surface area contributed by atoms with Gasteiger partial charge in [-0.1, -0.05) is 23.7 Å². The molecule has 0 saturated carbocycles. The van der Waals surface area contributed by atoms with Crippen molar-refractivity contribution in [3.8, 4) is 0 Å². The lowest BCUT2D eigenvalue weighted by Gasteiger charge is -2.10. The quantitative estimate of drug-likeness (QED) is 0.860. The van der Waals surface area contributed by atoms with Gasteiger partial charge in [-0.25, -0.2) is 13.6 Å². The highest BCUT2D eigenvalue weighted by Crippen LogP contribution is 2.26. The van der Waals surface area contributed by atoms with Gasteiger partial charge >= 0.3 is 0 Å². The molecule has 2 rings (SSSR count). The molecule has 0 spiro atoms. The molecule has 7 heteroatoms. The van der Waals surface area contributed by atoms with Crippen molar-refractivity contribution in [2.75, 3.05) is 5.32 Å². The Morgan fingerprint density at radius 3 is 2.55 bits per heavy atom. The summed E-state index contributed by atoms with van der Waals surface area (Å²) in [5.74, 6) is 0. The van der Waals surface area contributed by atoms with E-state index in [0.29, 0.717) is 16.0 Å².